The molecule has 0 amide bonds. The lowest BCUT2D eigenvalue weighted by Crippen LogP contribution is -1.83. The number of nitrogen functional groups attached to an aromatic ring is 1. The van der Waals surface area contributed by atoms with Crippen molar-refractivity contribution in [1.82, 2.24) is 5.16 Å². The molecule has 1 heterocycles. The van der Waals surface area contributed by atoms with Crippen LogP contribution in [0.3, 0.4) is 0 Å². The van der Waals surface area contributed by atoms with Crippen LogP contribution in [-0.2, 0) is 0 Å². The van der Waals surface area contributed by atoms with Crippen molar-refractivity contribution >= 4 is 17.6 Å². The maximum atomic E-state index is 5.33. The standard InChI is InChI=1S/C4H6N2OS/c1-8-3-2-7-6-4(3)5/h2H,1H3,(H2,5,6). The van der Waals surface area contributed by atoms with Crippen molar-refractivity contribution in [2.45, 2.75) is 4.90 Å². The fourth-order valence-corrected chi connectivity index (χ4v) is 0.775. The second-order valence-corrected chi connectivity index (χ2v) is 2.12. The van der Waals surface area contributed by atoms with E-state index in [4.69, 9.17) is 5.73 Å². The SMILES string of the molecule is CSc1conc1N. The summed E-state index contributed by atoms with van der Waals surface area (Å²) in [6.07, 6.45) is 3.45. The van der Waals surface area contributed by atoms with Gasteiger partial charge in [0, 0.05) is 0 Å². The van der Waals surface area contributed by atoms with Crippen molar-refractivity contribution in [2.75, 3.05) is 12.0 Å². The number of thioether (sulfide) groups is 1. The van der Waals surface area contributed by atoms with E-state index in [9.17, 15) is 0 Å². The van der Waals surface area contributed by atoms with Gasteiger partial charge in [-0.05, 0) is 6.26 Å². The number of anilines is 1. The van der Waals surface area contributed by atoms with Crippen LogP contribution in [0.5, 0.6) is 0 Å². The Morgan fingerprint density at radius 3 is 2.88 bits per heavy atom. The highest BCUT2D eigenvalue weighted by atomic mass is 32.2. The molecule has 0 aliphatic carbocycles. The van der Waals surface area contributed by atoms with E-state index in [1.807, 2.05) is 6.26 Å². The highest BCUT2D eigenvalue weighted by Gasteiger charge is 1.98. The third kappa shape index (κ3) is 0.790. The molecule has 0 aliphatic rings. The van der Waals surface area contributed by atoms with Crippen LogP contribution in [0, 0.1) is 0 Å². The predicted octanol–water partition coefficient (Wildman–Crippen LogP) is 0.979. The van der Waals surface area contributed by atoms with E-state index in [0.717, 1.165) is 4.90 Å². The Morgan fingerprint density at radius 1 is 1.88 bits per heavy atom. The summed E-state index contributed by atoms with van der Waals surface area (Å²) in [4.78, 5) is 0.894. The van der Waals surface area contributed by atoms with Crippen molar-refractivity contribution in [1.29, 1.82) is 0 Å². The van der Waals surface area contributed by atoms with E-state index in [0.29, 0.717) is 5.82 Å². The molecule has 1 aromatic heterocycles. The first-order valence-corrected chi connectivity index (χ1v) is 3.31. The summed E-state index contributed by atoms with van der Waals surface area (Å²) in [5.41, 5.74) is 5.33. The molecular weight excluding hydrogens is 124 g/mol. The number of rotatable bonds is 1. The summed E-state index contributed by atoms with van der Waals surface area (Å²) < 4.78 is 4.54. The molecule has 3 nitrogen and oxygen atoms in total. The zero-order valence-corrected chi connectivity index (χ0v) is 5.23. The fourth-order valence-electron chi connectivity index (χ4n) is 0.389. The number of nitrogens with zero attached hydrogens (tertiary/aromatic N) is 1. The first-order valence-electron chi connectivity index (χ1n) is 2.08. The lowest BCUT2D eigenvalue weighted by Gasteiger charge is -1.83. The summed E-state index contributed by atoms with van der Waals surface area (Å²) in [7, 11) is 0. The van der Waals surface area contributed by atoms with E-state index in [1.165, 1.54) is 18.0 Å². The van der Waals surface area contributed by atoms with Crippen molar-refractivity contribution in [3.05, 3.63) is 6.26 Å². The van der Waals surface area contributed by atoms with Crippen LogP contribution in [0.4, 0.5) is 5.82 Å². The first-order chi connectivity index (χ1) is 3.84. The van der Waals surface area contributed by atoms with Crippen molar-refractivity contribution in [3.8, 4) is 0 Å². The van der Waals surface area contributed by atoms with Crippen molar-refractivity contribution < 1.29 is 4.52 Å². The first kappa shape index (κ1) is 5.50. The van der Waals surface area contributed by atoms with Crippen LogP contribution in [0.1, 0.15) is 0 Å². The zero-order chi connectivity index (χ0) is 5.98. The minimum absolute atomic E-state index is 0.470. The van der Waals surface area contributed by atoms with Gasteiger partial charge in [0.05, 0.1) is 4.90 Å². The van der Waals surface area contributed by atoms with Gasteiger partial charge in [-0.3, -0.25) is 0 Å². The van der Waals surface area contributed by atoms with Gasteiger partial charge in [0.2, 0.25) is 0 Å². The number of aromatic nitrogens is 1. The topological polar surface area (TPSA) is 52.0 Å². The van der Waals surface area contributed by atoms with Crippen LogP contribution in [-0.4, -0.2) is 11.4 Å². The summed E-state index contributed by atoms with van der Waals surface area (Å²) in [5.74, 6) is 0.470. The van der Waals surface area contributed by atoms with Crippen LogP contribution < -0.4 is 5.73 Å². The van der Waals surface area contributed by atoms with Gasteiger partial charge in [0.15, 0.2) is 5.82 Å². The molecule has 8 heavy (non-hydrogen) atoms. The second-order valence-electron chi connectivity index (χ2n) is 1.27. The Kier molecular flexibility index (Phi) is 1.43. The Bertz CT molecular complexity index is 174. The van der Waals surface area contributed by atoms with Gasteiger partial charge >= 0.3 is 0 Å². The molecule has 0 unspecified atom stereocenters. The summed E-state index contributed by atoms with van der Waals surface area (Å²) in [5, 5.41) is 3.47. The van der Waals surface area contributed by atoms with Gasteiger partial charge < -0.3 is 10.3 Å². The molecular formula is C4H6N2OS. The minimum atomic E-state index is 0.470. The van der Waals surface area contributed by atoms with E-state index < -0.39 is 0 Å². The average Bonchev–Trinajstić information content (AvgIpc) is 2.14. The quantitative estimate of drug-likeness (QED) is 0.576. The molecule has 0 saturated carbocycles. The molecule has 0 radical (unpaired) electrons. The Morgan fingerprint density at radius 2 is 2.62 bits per heavy atom. The van der Waals surface area contributed by atoms with E-state index in [2.05, 4.69) is 9.68 Å². The van der Waals surface area contributed by atoms with Gasteiger partial charge in [0.1, 0.15) is 6.26 Å². The lowest BCUT2D eigenvalue weighted by molar-refractivity contribution is 0.421. The predicted molar refractivity (Wildman–Crippen MR) is 32.7 cm³/mol. The minimum Gasteiger partial charge on any atom is -0.380 e. The van der Waals surface area contributed by atoms with Gasteiger partial charge in [-0.1, -0.05) is 5.16 Å². The normalized spacial score (nSPS) is 9.62. The van der Waals surface area contributed by atoms with Gasteiger partial charge in [-0.2, -0.15) is 0 Å². The smallest absolute Gasteiger partial charge is 0.180 e. The molecule has 4 heteroatoms. The molecule has 0 saturated heterocycles. The highest BCUT2D eigenvalue weighted by molar-refractivity contribution is 7.98. The Hall–Kier alpha value is -0.640. The van der Waals surface area contributed by atoms with Gasteiger partial charge in [-0.25, -0.2) is 0 Å². The van der Waals surface area contributed by atoms with Crippen molar-refractivity contribution in [2.24, 2.45) is 0 Å². The molecule has 44 valence electrons. The van der Waals surface area contributed by atoms with Crippen LogP contribution in [0.2, 0.25) is 0 Å². The molecule has 0 spiro atoms. The summed E-state index contributed by atoms with van der Waals surface area (Å²) in [6, 6.07) is 0. The van der Waals surface area contributed by atoms with E-state index in [-0.39, 0.29) is 0 Å². The second kappa shape index (κ2) is 2.09. The number of hydrogen-bond acceptors (Lipinski definition) is 4. The van der Waals surface area contributed by atoms with E-state index in [1.54, 1.807) is 0 Å². The Balaban J connectivity index is 2.92. The fraction of sp³-hybridized carbons (Fsp3) is 0.250. The highest BCUT2D eigenvalue weighted by Crippen LogP contribution is 2.19. The molecule has 0 fully saturated rings. The average molecular weight is 130 g/mol. The largest absolute Gasteiger partial charge is 0.380 e. The van der Waals surface area contributed by atoms with Crippen molar-refractivity contribution in [3.63, 3.8) is 0 Å². The third-order valence-corrected chi connectivity index (χ3v) is 1.53. The zero-order valence-electron chi connectivity index (χ0n) is 4.42. The van der Waals surface area contributed by atoms with Gasteiger partial charge in [-0.15, -0.1) is 11.8 Å². The van der Waals surface area contributed by atoms with Crippen LogP contribution in [0.25, 0.3) is 0 Å². The number of nitrogens with two attached hydrogens (primary N) is 1. The molecule has 0 aromatic carbocycles. The maximum absolute atomic E-state index is 5.33. The maximum Gasteiger partial charge on any atom is 0.180 e. The lowest BCUT2D eigenvalue weighted by atomic mass is 10.7. The molecule has 1 aromatic rings. The molecule has 0 bridgehead atoms. The third-order valence-electron chi connectivity index (χ3n) is 0.783. The number of hydrogen-bond donors (Lipinski definition) is 1. The molecule has 0 atom stereocenters. The van der Waals surface area contributed by atoms with Gasteiger partial charge in [0.25, 0.3) is 0 Å². The summed E-state index contributed by atoms with van der Waals surface area (Å²) in [6.45, 7) is 0. The summed E-state index contributed by atoms with van der Waals surface area (Å²) >= 11 is 1.52. The van der Waals surface area contributed by atoms with E-state index >= 15 is 0 Å². The van der Waals surface area contributed by atoms with Crippen LogP contribution in [0.15, 0.2) is 15.7 Å². The van der Waals surface area contributed by atoms with Crippen LogP contribution >= 0.6 is 11.8 Å². The molecule has 0 aliphatic heterocycles. The molecule has 1 rings (SSSR count). The monoisotopic (exact) mass is 130 g/mol. The Labute approximate surface area is 51.2 Å². The molecule has 2 N–H and O–H groups in total.